The number of hydrazine groups is 1. The van der Waals surface area contributed by atoms with Crippen LogP contribution in [0.4, 0.5) is 0 Å². The van der Waals surface area contributed by atoms with Gasteiger partial charge in [0.2, 0.25) is 10.0 Å². The second-order valence-corrected chi connectivity index (χ2v) is 7.80. The molecular weight excluding hydrogens is 338 g/mol. The molecule has 1 aromatic carbocycles. The number of carbonyl (C=O) groups excluding carboxylic acids is 2. The Kier molecular flexibility index (Phi) is 5.14. The number of rotatable bonds is 4. The lowest BCUT2D eigenvalue weighted by atomic mass is 10.2. The Labute approximate surface area is 138 Å². The molecule has 2 amide bonds. The highest BCUT2D eigenvalue weighted by Gasteiger charge is 2.17. The Bertz CT molecular complexity index is 797. The molecule has 0 saturated carbocycles. The second kappa shape index (κ2) is 6.90. The minimum atomic E-state index is -3.54. The minimum absolute atomic E-state index is 0.0849. The molecule has 2 N–H and O–H groups in total. The Morgan fingerprint density at radius 1 is 1.00 bits per heavy atom. The minimum Gasteiger partial charge on any atom is -0.267 e. The fourth-order valence-electron chi connectivity index (χ4n) is 1.64. The summed E-state index contributed by atoms with van der Waals surface area (Å²) in [6.07, 6.45) is 0. The Balaban J connectivity index is 2.02. The molecule has 2 rings (SSSR count). The first kappa shape index (κ1) is 17.1. The van der Waals surface area contributed by atoms with Gasteiger partial charge < -0.3 is 0 Å². The molecule has 0 radical (unpaired) electrons. The first-order valence-corrected chi connectivity index (χ1v) is 8.81. The van der Waals surface area contributed by atoms with Crippen LogP contribution in [0.3, 0.4) is 0 Å². The zero-order chi connectivity index (χ0) is 17.0. The van der Waals surface area contributed by atoms with Crippen molar-refractivity contribution in [3.8, 4) is 0 Å². The number of thiophene rings is 1. The fourth-order valence-corrected chi connectivity index (χ4v) is 3.16. The molecule has 2 aromatic rings. The van der Waals surface area contributed by atoms with E-state index in [1.807, 2.05) is 0 Å². The molecule has 0 aliphatic rings. The van der Waals surface area contributed by atoms with Gasteiger partial charge in [-0.05, 0) is 35.7 Å². The summed E-state index contributed by atoms with van der Waals surface area (Å²) in [5.41, 5.74) is 4.80. The normalized spacial score (nSPS) is 11.3. The van der Waals surface area contributed by atoms with Gasteiger partial charge in [-0.15, -0.1) is 11.3 Å². The molecular formula is C14H15N3O4S2. The fraction of sp³-hybridized carbons (Fsp3) is 0.143. The van der Waals surface area contributed by atoms with Gasteiger partial charge in [-0.2, -0.15) is 0 Å². The highest BCUT2D eigenvalue weighted by molar-refractivity contribution is 7.89. The average Bonchev–Trinajstić information content (AvgIpc) is 3.06. The topological polar surface area (TPSA) is 95.6 Å². The summed E-state index contributed by atoms with van der Waals surface area (Å²) in [5, 5.41) is 1.75. The van der Waals surface area contributed by atoms with Gasteiger partial charge in [0.1, 0.15) is 0 Å². The molecule has 122 valence electrons. The molecule has 23 heavy (non-hydrogen) atoms. The van der Waals surface area contributed by atoms with Gasteiger partial charge in [0.15, 0.2) is 0 Å². The van der Waals surface area contributed by atoms with Crippen molar-refractivity contribution >= 4 is 33.2 Å². The zero-order valence-electron chi connectivity index (χ0n) is 12.4. The maximum atomic E-state index is 11.9. The zero-order valence-corrected chi connectivity index (χ0v) is 14.1. The number of sulfonamides is 1. The number of benzene rings is 1. The molecule has 9 heteroatoms. The lowest BCUT2D eigenvalue weighted by Crippen LogP contribution is -2.41. The summed E-state index contributed by atoms with van der Waals surface area (Å²) in [6.45, 7) is 0. The van der Waals surface area contributed by atoms with Crippen molar-refractivity contribution in [1.82, 2.24) is 15.2 Å². The van der Waals surface area contributed by atoms with Crippen molar-refractivity contribution in [1.29, 1.82) is 0 Å². The first-order valence-electron chi connectivity index (χ1n) is 6.49. The molecule has 0 fully saturated rings. The van der Waals surface area contributed by atoms with E-state index < -0.39 is 21.8 Å². The summed E-state index contributed by atoms with van der Waals surface area (Å²) in [7, 11) is -0.688. The van der Waals surface area contributed by atoms with E-state index in [1.54, 1.807) is 17.5 Å². The average molecular weight is 353 g/mol. The van der Waals surface area contributed by atoms with E-state index in [9.17, 15) is 18.0 Å². The molecule has 1 heterocycles. The van der Waals surface area contributed by atoms with Crippen LogP contribution in [0.2, 0.25) is 0 Å². The van der Waals surface area contributed by atoms with E-state index in [0.29, 0.717) is 4.88 Å². The van der Waals surface area contributed by atoms with Crippen molar-refractivity contribution in [2.75, 3.05) is 14.1 Å². The monoisotopic (exact) mass is 353 g/mol. The van der Waals surface area contributed by atoms with Crippen LogP contribution in [0.5, 0.6) is 0 Å². The molecule has 0 saturated heterocycles. The SMILES string of the molecule is CN(C)S(=O)(=O)c1ccc(C(=O)NNC(=O)c2cccs2)cc1. The number of amides is 2. The van der Waals surface area contributed by atoms with Gasteiger partial charge in [-0.3, -0.25) is 20.4 Å². The van der Waals surface area contributed by atoms with Crippen LogP contribution in [-0.4, -0.2) is 38.6 Å². The Hall–Kier alpha value is -2.23. The van der Waals surface area contributed by atoms with Crippen LogP contribution in [0.15, 0.2) is 46.7 Å². The predicted molar refractivity (Wildman–Crippen MR) is 86.6 cm³/mol. The van der Waals surface area contributed by atoms with Crippen molar-refractivity contribution in [2.45, 2.75) is 4.90 Å². The Morgan fingerprint density at radius 3 is 2.13 bits per heavy atom. The van der Waals surface area contributed by atoms with Crippen LogP contribution >= 0.6 is 11.3 Å². The van der Waals surface area contributed by atoms with E-state index >= 15 is 0 Å². The predicted octanol–water partition coefficient (Wildman–Crippen LogP) is 1.07. The third-order valence-corrected chi connectivity index (χ3v) is 5.63. The standard InChI is InChI=1S/C14H15N3O4S2/c1-17(2)23(20,21)11-7-5-10(6-8-11)13(18)15-16-14(19)12-4-3-9-22-12/h3-9H,1-2H3,(H,15,18)(H,16,19). The van der Waals surface area contributed by atoms with E-state index in [-0.39, 0.29) is 10.5 Å². The second-order valence-electron chi connectivity index (χ2n) is 4.70. The maximum absolute atomic E-state index is 11.9. The number of carbonyl (C=O) groups is 2. The maximum Gasteiger partial charge on any atom is 0.279 e. The van der Waals surface area contributed by atoms with Gasteiger partial charge in [-0.25, -0.2) is 12.7 Å². The van der Waals surface area contributed by atoms with E-state index in [4.69, 9.17) is 0 Å². The van der Waals surface area contributed by atoms with Crippen molar-refractivity contribution < 1.29 is 18.0 Å². The summed E-state index contributed by atoms with van der Waals surface area (Å²) in [5.74, 6) is -0.955. The Morgan fingerprint density at radius 2 is 1.61 bits per heavy atom. The van der Waals surface area contributed by atoms with Gasteiger partial charge in [0, 0.05) is 19.7 Å². The number of hydrogen-bond acceptors (Lipinski definition) is 5. The van der Waals surface area contributed by atoms with Crippen LogP contribution in [0.1, 0.15) is 20.0 Å². The lowest BCUT2D eigenvalue weighted by Gasteiger charge is -2.11. The molecule has 0 atom stereocenters. The van der Waals surface area contributed by atoms with Gasteiger partial charge in [0.05, 0.1) is 9.77 Å². The van der Waals surface area contributed by atoms with Crippen LogP contribution in [0, 0.1) is 0 Å². The quantitative estimate of drug-likeness (QED) is 0.804. The third kappa shape index (κ3) is 3.95. The smallest absolute Gasteiger partial charge is 0.267 e. The van der Waals surface area contributed by atoms with Crippen LogP contribution in [-0.2, 0) is 10.0 Å². The van der Waals surface area contributed by atoms with Crippen LogP contribution < -0.4 is 10.9 Å². The van der Waals surface area contributed by atoms with E-state index in [1.165, 1.54) is 49.7 Å². The van der Waals surface area contributed by atoms with Gasteiger partial charge >= 0.3 is 0 Å². The third-order valence-electron chi connectivity index (χ3n) is 2.93. The van der Waals surface area contributed by atoms with Crippen LogP contribution in [0.25, 0.3) is 0 Å². The molecule has 0 aliphatic carbocycles. The molecule has 0 spiro atoms. The first-order chi connectivity index (χ1) is 10.8. The van der Waals surface area contributed by atoms with Crippen molar-refractivity contribution in [2.24, 2.45) is 0 Å². The van der Waals surface area contributed by atoms with E-state index in [2.05, 4.69) is 10.9 Å². The van der Waals surface area contributed by atoms with Crippen molar-refractivity contribution in [3.05, 3.63) is 52.2 Å². The molecule has 0 unspecified atom stereocenters. The molecule has 1 aromatic heterocycles. The highest BCUT2D eigenvalue weighted by atomic mass is 32.2. The number of nitrogens with zero attached hydrogens (tertiary/aromatic N) is 1. The van der Waals surface area contributed by atoms with Gasteiger partial charge in [0.25, 0.3) is 11.8 Å². The largest absolute Gasteiger partial charge is 0.279 e. The summed E-state index contributed by atoms with van der Waals surface area (Å²) in [6, 6.07) is 8.79. The number of nitrogens with one attached hydrogen (secondary N) is 2. The summed E-state index contributed by atoms with van der Waals surface area (Å²) in [4.78, 5) is 24.2. The van der Waals surface area contributed by atoms with E-state index in [0.717, 1.165) is 4.31 Å². The molecule has 0 aliphatic heterocycles. The van der Waals surface area contributed by atoms with Gasteiger partial charge in [-0.1, -0.05) is 6.07 Å². The lowest BCUT2D eigenvalue weighted by molar-refractivity contribution is 0.0849. The number of hydrogen-bond donors (Lipinski definition) is 2. The summed E-state index contributed by atoms with van der Waals surface area (Å²) < 4.78 is 24.9. The summed E-state index contributed by atoms with van der Waals surface area (Å²) >= 11 is 1.25. The van der Waals surface area contributed by atoms with Crippen molar-refractivity contribution in [3.63, 3.8) is 0 Å². The molecule has 7 nitrogen and oxygen atoms in total. The molecule has 0 bridgehead atoms. The highest BCUT2D eigenvalue weighted by Crippen LogP contribution is 2.14.